The molecule has 1 amide bonds. The van der Waals surface area contributed by atoms with Crippen LogP contribution in [0.25, 0.3) is 0 Å². The molecule has 2 aromatic heterocycles. The number of hydrogen-bond acceptors (Lipinski definition) is 7. The first-order valence-corrected chi connectivity index (χ1v) is 10.1. The first kappa shape index (κ1) is 19.2. The minimum Gasteiger partial charge on any atom is -0.361 e. The van der Waals surface area contributed by atoms with Crippen LogP contribution in [0.15, 0.2) is 22.9 Å². The second-order valence-electron chi connectivity index (χ2n) is 6.50. The van der Waals surface area contributed by atoms with Gasteiger partial charge < -0.3 is 14.3 Å². The minimum atomic E-state index is 0.148. The van der Waals surface area contributed by atoms with Crippen molar-refractivity contribution in [2.75, 3.05) is 36.8 Å². The third kappa shape index (κ3) is 4.61. The Hall–Kier alpha value is -2.53. The molecule has 0 aliphatic carbocycles. The number of pyridine rings is 1. The minimum absolute atomic E-state index is 0.148. The first-order valence-electron chi connectivity index (χ1n) is 8.97. The first-order chi connectivity index (χ1) is 13.1. The molecule has 0 atom stereocenters. The number of carbonyl (C=O) groups is 1. The zero-order valence-corrected chi connectivity index (χ0v) is 16.5. The number of hydrogen-bond donors (Lipinski definition) is 0. The molecule has 3 heterocycles. The van der Waals surface area contributed by atoms with E-state index in [-0.39, 0.29) is 5.91 Å². The summed E-state index contributed by atoms with van der Waals surface area (Å²) in [5.41, 5.74) is 2.54. The molecule has 1 saturated heterocycles. The van der Waals surface area contributed by atoms with Gasteiger partial charge in [-0.25, -0.2) is 4.98 Å². The highest BCUT2D eigenvalue weighted by Crippen LogP contribution is 2.21. The van der Waals surface area contributed by atoms with Crippen molar-refractivity contribution in [1.29, 1.82) is 5.26 Å². The fourth-order valence-electron chi connectivity index (χ4n) is 3.15. The van der Waals surface area contributed by atoms with Crippen LogP contribution in [-0.2, 0) is 10.5 Å². The number of amides is 1. The summed E-state index contributed by atoms with van der Waals surface area (Å²) in [7, 11) is 0. The molecule has 1 aliphatic heterocycles. The molecule has 0 aromatic carbocycles. The molecule has 0 N–H and O–H groups in total. The predicted octanol–water partition coefficient (Wildman–Crippen LogP) is 2.53. The van der Waals surface area contributed by atoms with E-state index < -0.39 is 0 Å². The van der Waals surface area contributed by atoms with Gasteiger partial charge in [-0.2, -0.15) is 5.26 Å². The molecule has 0 radical (unpaired) electrons. The molecule has 0 bridgehead atoms. The van der Waals surface area contributed by atoms with Gasteiger partial charge in [-0.15, -0.1) is 11.8 Å². The Kier molecular flexibility index (Phi) is 6.35. The summed E-state index contributed by atoms with van der Waals surface area (Å²) in [4.78, 5) is 21.0. The molecule has 7 nitrogen and oxygen atoms in total. The number of aryl methyl sites for hydroxylation is 2. The lowest BCUT2D eigenvalue weighted by Gasteiger charge is -2.23. The van der Waals surface area contributed by atoms with Gasteiger partial charge in [0.1, 0.15) is 17.6 Å². The zero-order valence-electron chi connectivity index (χ0n) is 15.6. The highest BCUT2D eigenvalue weighted by molar-refractivity contribution is 7.99. The monoisotopic (exact) mass is 385 g/mol. The van der Waals surface area contributed by atoms with Gasteiger partial charge in [-0.1, -0.05) is 5.16 Å². The third-order valence-electron chi connectivity index (χ3n) is 4.71. The number of thioether (sulfide) groups is 1. The van der Waals surface area contributed by atoms with Crippen LogP contribution in [0.5, 0.6) is 0 Å². The van der Waals surface area contributed by atoms with E-state index in [2.05, 4.69) is 21.1 Å². The van der Waals surface area contributed by atoms with E-state index in [0.29, 0.717) is 30.2 Å². The normalized spacial score (nSPS) is 14.7. The Bertz CT molecular complexity index is 825. The molecule has 0 spiro atoms. The van der Waals surface area contributed by atoms with Crippen LogP contribution in [0.3, 0.4) is 0 Å². The summed E-state index contributed by atoms with van der Waals surface area (Å²) >= 11 is 1.59. The van der Waals surface area contributed by atoms with Gasteiger partial charge in [-0.3, -0.25) is 4.79 Å². The van der Waals surface area contributed by atoms with Crippen molar-refractivity contribution in [3.63, 3.8) is 0 Å². The third-order valence-corrected chi connectivity index (χ3v) is 5.65. The second kappa shape index (κ2) is 8.91. The molecule has 142 valence electrons. The van der Waals surface area contributed by atoms with Crippen LogP contribution >= 0.6 is 11.8 Å². The number of aromatic nitrogens is 2. The van der Waals surface area contributed by atoms with Crippen molar-refractivity contribution in [3.05, 3.63) is 40.9 Å². The van der Waals surface area contributed by atoms with Gasteiger partial charge in [-0.05, 0) is 32.4 Å². The highest BCUT2D eigenvalue weighted by atomic mass is 32.2. The van der Waals surface area contributed by atoms with Crippen molar-refractivity contribution in [3.8, 4) is 6.07 Å². The van der Waals surface area contributed by atoms with Gasteiger partial charge in [0.25, 0.3) is 0 Å². The second-order valence-corrected chi connectivity index (χ2v) is 7.49. The van der Waals surface area contributed by atoms with Crippen molar-refractivity contribution >= 4 is 23.5 Å². The van der Waals surface area contributed by atoms with Gasteiger partial charge in [0.2, 0.25) is 5.91 Å². The smallest absolute Gasteiger partial charge is 0.232 e. The van der Waals surface area contributed by atoms with E-state index >= 15 is 0 Å². The fraction of sp³-hybridized carbons (Fsp3) is 0.474. The quantitative estimate of drug-likeness (QED) is 0.782. The van der Waals surface area contributed by atoms with Crippen LogP contribution in [-0.4, -0.2) is 52.9 Å². The zero-order chi connectivity index (χ0) is 19.2. The van der Waals surface area contributed by atoms with Crippen LogP contribution < -0.4 is 4.90 Å². The molecule has 2 aromatic rings. The summed E-state index contributed by atoms with van der Waals surface area (Å²) < 4.78 is 5.17. The van der Waals surface area contributed by atoms with Crippen LogP contribution in [0, 0.1) is 25.2 Å². The van der Waals surface area contributed by atoms with Gasteiger partial charge >= 0.3 is 0 Å². The number of rotatable bonds is 5. The number of nitriles is 1. The molecule has 0 saturated carbocycles. The molecular formula is C19H23N5O2S. The summed E-state index contributed by atoms with van der Waals surface area (Å²) in [6.45, 7) is 6.68. The van der Waals surface area contributed by atoms with Crippen molar-refractivity contribution < 1.29 is 9.32 Å². The molecule has 1 aliphatic rings. The maximum atomic E-state index is 12.6. The lowest BCUT2D eigenvalue weighted by molar-refractivity contribution is -0.128. The molecule has 3 rings (SSSR count). The lowest BCUT2D eigenvalue weighted by Crippen LogP contribution is -2.36. The Morgan fingerprint density at radius 2 is 2.19 bits per heavy atom. The molecule has 27 heavy (non-hydrogen) atoms. The largest absolute Gasteiger partial charge is 0.361 e. The topological polar surface area (TPSA) is 86.3 Å². The lowest BCUT2D eigenvalue weighted by atomic mass is 10.2. The summed E-state index contributed by atoms with van der Waals surface area (Å²) in [6, 6.07) is 5.75. The van der Waals surface area contributed by atoms with Crippen molar-refractivity contribution in [1.82, 2.24) is 15.0 Å². The fourth-order valence-corrected chi connectivity index (χ4v) is 4.23. The maximum absolute atomic E-state index is 12.6. The van der Waals surface area contributed by atoms with Crippen LogP contribution in [0.2, 0.25) is 0 Å². The Morgan fingerprint density at radius 1 is 1.33 bits per heavy atom. The number of nitrogens with zero attached hydrogens (tertiary/aromatic N) is 5. The van der Waals surface area contributed by atoms with Crippen LogP contribution in [0.4, 0.5) is 5.82 Å². The maximum Gasteiger partial charge on any atom is 0.232 e. The van der Waals surface area contributed by atoms with E-state index in [9.17, 15) is 10.1 Å². The molecule has 0 unspecified atom stereocenters. The average Bonchev–Trinajstić information content (AvgIpc) is 2.89. The molecular weight excluding hydrogens is 362 g/mol. The highest BCUT2D eigenvalue weighted by Gasteiger charge is 2.21. The predicted molar refractivity (Wildman–Crippen MR) is 105 cm³/mol. The Labute approximate surface area is 163 Å². The van der Waals surface area contributed by atoms with Crippen molar-refractivity contribution in [2.45, 2.75) is 26.0 Å². The summed E-state index contributed by atoms with van der Waals surface area (Å²) in [6.07, 6.45) is 2.57. The summed E-state index contributed by atoms with van der Waals surface area (Å²) in [5.74, 6) is 2.85. The van der Waals surface area contributed by atoms with E-state index in [1.165, 1.54) is 0 Å². The SMILES string of the molecule is Cc1noc(C)c1CSCC(=O)N1CCCN(c2ncccc2C#N)CC1. The summed E-state index contributed by atoms with van der Waals surface area (Å²) in [5, 5.41) is 13.2. The Morgan fingerprint density at radius 3 is 2.93 bits per heavy atom. The van der Waals surface area contributed by atoms with Crippen LogP contribution in [0.1, 0.15) is 29.0 Å². The standard InChI is InChI=1S/C19H23N5O2S/c1-14-17(15(2)26-22-14)12-27-13-18(25)23-7-4-8-24(10-9-23)19-16(11-20)5-3-6-21-19/h3,5-6H,4,7-10,12-13H2,1-2H3. The van der Waals surface area contributed by atoms with E-state index in [1.807, 2.05) is 18.7 Å². The van der Waals surface area contributed by atoms with Gasteiger partial charge in [0, 0.05) is 43.7 Å². The van der Waals surface area contributed by atoms with Gasteiger partial charge in [0.05, 0.1) is 17.0 Å². The number of carbonyl (C=O) groups excluding carboxylic acids is 1. The average molecular weight is 385 g/mol. The molecule has 8 heteroatoms. The Balaban J connectivity index is 1.53. The van der Waals surface area contributed by atoms with E-state index in [4.69, 9.17) is 4.52 Å². The van der Waals surface area contributed by atoms with Crippen molar-refractivity contribution in [2.24, 2.45) is 0 Å². The van der Waals surface area contributed by atoms with E-state index in [1.54, 1.807) is 30.1 Å². The molecule has 1 fully saturated rings. The van der Waals surface area contributed by atoms with Gasteiger partial charge in [0.15, 0.2) is 0 Å². The van der Waals surface area contributed by atoms with E-state index in [0.717, 1.165) is 42.3 Å². The number of anilines is 1.